The van der Waals surface area contributed by atoms with Crippen LogP contribution in [0, 0.1) is 0 Å². The normalized spacial score (nSPS) is 21.6. The van der Waals surface area contributed by atoms with Gasteiger partial charge in [-0.3, -0.25) is 0 Å². The molecule has 1 fully saturated rings. The molecule has 0 radical (unpaired) electrons. The van der Waals surface area contributed by atoms with Crippen molar-refractivity contribution in [2.45, 2.75) is 44.1 Å². The summed E-state index contributed by atoms with van der Waals surface area (Å²) in [5, 5.41) is 13.2. The van der Waals surface area contributed by atoms with E-state index >= 15 is 0 Å². The molecule has 0 amide bonds. The average molecular weight is 295 g/mol. The number of hydrogen-bond donors (Lipinski definition) is 2. The Balaban J connectivity index is 1.49. The third-order valence-electron chi connectivity index (χ3n) is 4.73. The van der Waals surface area contributed by atoms with Gasteiger partial charge in [0.25, 0.3) is 0 Å². The molecule has 0 aliphatic heterocycles. The van der Waals surface area contributed by atoms with Crippen LogP contribution >= 0.6 is 0 Å². The van der Waals surface area contributed by atoms with E-state index in [-0.39, 0.29) is 0 Å². The molecule has 0 bridgehead atoms. The van der Waals surface area contributed by atoms with Crippen LogP contribution in [-0.2, 0) is 6.42 Å². The van der Waals surface area contributed by atoms with Crippen molar-refractivity contribution in [1.29, 1.82) is 0 Å². The minimum Gasteiger partial charge on any atom is -0.508 e. The van der Waals surface area contributed by atoms with Crippen LogP contribution in [0.2, 0.25) is 0 Å². The quantitative estimate of drug-likeness (QED) is 0.864. The fraction of sp³-hybridized carbons (Fsp3) is 0.400. The van der Waals surface area contributed by atoms with Gasteiger partial charge < -0.3 is 10.4 Å². The summed E-state index contributed by atoms with van der Waals surface area (Å²) < 4.78 is 0. The summed E-state index contributed by atoms with van der Waals surface area (Å²) in [6.45, 7) is 1.05. The molecule has 2 heteroatoms. The van der Waals surface area contributed by atoms with Crippen LogP contribution in [0.15, 0.2) is 54.6 Å². The lowest BCUT2D eigenvalue weighted by Crippen LogP contribution is -2.34. The first kappa shape index (κ1) is 15.1. The van der Waals surface area contributed by atoms with Crippen LogP contribution in [0.4, 0.5) is 0 Å². The monoisotopic (exact) mass is 295 g/mol. The minimum atomic E-state index is 0.358. The summed E-state index contributed by atoms with van der Waals surface area (Å²) in [6, 6.07) is 19.1. The van der Waals surface area contributed by atoms with Gasteiger partial charge in [-0.25, -0.2) is 0 Å². The van der Waals surface area contributed by atoms with Gasteiger partial charge in [-0.1, -0.05) is 48.9 Å². The molecule has 0 heterocycles. The van der Waals surface area contributed by atoms with Crippen molar-refractivity contribution in [1.82, 2.24) is 5.32 Å². The molecule has 1 aliphatic carbocycles. The lowest BCUT2D eigenvalue weighted by Gasteiger charge is -2.30. The first-order valence-electron chi connectivity index (χ1n) is 8.37. The summed E-state index contributed by atoms with van der Waals surface area (Å²) in [7, 11) is 0. The van der Waals surface area contributed by atoms with Gasteiger partial charge in [0.15, 0.2) is 0 Å². The van der Waals surface area contributed by atoms with E-state index in [2.05, 4.69) is 47.8 Å². The van der Waals surface area contributed by atoms with Crippen molar-refractivity contribution in [3.63, 3.8) is 0 Å². The van der Waals surface area contributed by atoms with Gasteiger partial charge in [-0.15, -0.1) is 0 Å². The Hall–Kier alpha value is -1.80. The predicted octanol–water partition coefficient (Wildman–Crippen LogP) is 4.25. The van der Waals surface area contributed by atoms with Gasteiger partial charge in [-0.05, 0) is 61.4 Å². The van der Waals surface area contributed by atoms with Crippen molar-refractivity contribution < 1.29 is 5.11 Å². The van der Waals surface area contributed by atoms with Gasteiger partial charge in [0.05, 0.1) is 0 Å². The van der Waals surface area contributed by atoms with E-state index in [0.717, 1.165) is 13.0 Å². The van der Waals surface area contributed by atoms with E-state index in [1.165, 1.54) is 36.8 Å². The molecular weight excluding hydrogens is 270 g/mol. The Labute approximate surface area is 133 Å². The van der Waals surface area contributed by atoms with Gasteiger partial charge in [0.1, 0.15) is 5.75 Å². The third-order valence-corrected chi connectivity index (χ3v) is 4.73. The summed E-state index contributed by atoms with van der Waals surface area (Å²) in [6.07, 6.45) is 6.14. The van der Waals surface area contributed by atoms with E-state index in [9.17, 15) is 5.11 Å². The van der Waals surface area contributed by atoms with Crippen LogP contribution in [0.25, 0.3) is 0 Å². The maximum atomic E-state index is 9.42. The maximum Gasteiger partial charge on any atom is 0.115 e. The number of nitrogens with one attached hydrogen (secondary N) is 1. The second-order valence-electron chi connectivity index (χ2n) is 6.34. The summed E-state index contributed by atoms with van der Waals surface area (Å²) >= 11 is 0. The molecule has 0 spiro atoms. The summed E-state index contributed by atoms with van der Waals surface area (Å²) in [5.41, 5.74) is 2.77. The highest BCUT2D eigenvalue weighted by Crippen LogP contribution is 2.33. The predicted molar refractivity (Wildman–Crippen MR) is 91.3 cm³/mol. The standard InChI is InChI=1S/C20H25NO/c22-20-11-9-17(10-12-20)18-7-4-8-19(15-18)21-14-13-16-5-2-1-3-6-16/h1-3,5-6,9-12,18-19,21-22H,4,7-8,13-15H2. The highest BCUT2D eigenvalue weighted by Gasteiger charge is 2.22. The van der Waals surface area contributed by atoms with E-state index in [0.29, 0.717) is 17.7 Å². The number of benzene rings is 2. The lowest BCUT2D eigenvalue weighted by molar-refractivity contribution is 0.341. The number of rotatable bonds is 5. The van der Waals surface area contributed by atoms with E-state index in [1.807, 2.05) is 12.1 Å². The van der Waals surface area contributed by atoms with Crippen molar-refractivity contribution >= 4 is 0 Å². The lowest BCUT2D eigenvalue weighted by atomic mass is 9.81. The van der Waals surface area contributed by atoms with Crippen LogP contribution in [0.5, 0.6) is 5.75 Å². The van der Waals surface area contributed by atoms with Gasteiger partial charge in [0, 0.05) is 6.04 Å². The molecule has 2 nitrogen and oxygen atoms in total. The maximum absolute atomic E-state index is 9.42. The van der Waals surface area contributed by atoms with Crippen LogP contribution < -0.4 is 5.32 Å². The zero-order valence-electron chi connectivity index (χ0n) is 13.0. The highest BCUT2D eigenvalue weighted by molar-refractivity contribution is 5.28. The molecule has 2 N–H and O–H groups in total. The first-order chi connectivity index (χ1) is 10.8. The molecule has 2 atom stereocenters. The largest absolute Gasteiger partial charge is 0.508 e. The SMILES string of the molecule is Oc1ccc(C2CCCC(NCCc3ccccc3)C2)cc1. The Morgan fingerprint density at radius 1 is 0.955 bits per heavy atom. The first-order valence-corrected chi connectivity index (χ1v) is 8.37. The fourth-order valence-electron chi connectivity index (χ4n) is 3.49. The molecular formula is C20H25NO. The third kappa shape index (κ3) is 4.11. The molecule has 0 aromatic heterocycles. The highest BCUT2D eigenvalue weighted by atomic mass is 16.3. The van der Waals surface area contributed by atoms with Gasteiger partial charge in [0.2, 0.25) is 0 Å². The van der Waals surface area contributed by atoms with E-state index in [1.54, 1.807) is 0 Å². The Bertz CT molecular complexity index is 564. The zero-order valence-corrected chi connectivity index (χ0v) is 13.0. The van der Waals surface area contributed by atoms with Gasteiger partial charge >= 0.3 is 0 Å². The molecule has 2 unspecified atom stereocenters. The molecule has 2 aromatic carbocycles. The van der Waals surface area contributed by atoms with Crippen molar-refractivity contribution in [3.8, 4) is 5.75 Å². The number of phenols is 1. The topological polar surface area (TPSA) is 32.3 Å². The van der Waals surface area contributed by atoms with Crippen LogP contribution in [0.3, 0.4) is 0 Å². The molecule has 1 saturated carbocycles. The van der Waals surface area contributed by atoms with Crippen molar-refractivity contribution in [2.24, 2.45) is 0 Å². The summed E-state index contributed by atoms with van der Waals surface area (Å²) in [5.74, 6) is 0.987. The average Bonchev–Trinajstić information content (AvgIpc) is 2.57. The molecule has 0 saturated heterocycles. The summed E-state index contributed by atoms with van der Waals surface area (Å²) in [4.78, 5) is 0. The molecule has 3 rings (SSSR count). The second-order valence-corrected chi connectivity index (χ2v) is 6.34. The molecule has 22 heavy (non-hydrogen) atoms. The van der Waals surface area contributed by atoms with Crippen molar-refractivity contribution in [2.75, 3.05) is 6.54 Å². The smallest absolute Gasteiger partial charge is 0.115 e. The Kier molecular flexibility index (Phi) is 5.12. The van der Waals surface area contributed by atoms with Gasteiger partial charge in [-0.2, -0.15) is 0 Å². The van der Waals surface area contributed by atoms with E-state index in [4.69, 9.17) is 0 Å². The molecule has 116 valence electrons. The minimum absolute atomic E-state index is 0.358. The number of aromatic hydroxyl groups is 1. The van der Waals surface area contributed by atoms with Crippen LogP contribution in [0.1, 0.15) is 42.7 Å². The fourth-order valence-corrected chi connectivity index (χ4v) is 3.49. The Morgan fingerprint density at radius 3 is 2.50 bits per heavy atom. The zero-order chi connectivity index (χ0) is 15.2. The Morgan fingerprint density at radius 2 is 1.73 bits per heavy atom. The molecule has 1 aliphatic rings. The second kappa shape index (κ2) is 7.46. The molecule has 2 aromatic rings. The van der Waals surface area contributed by atoms with Crippen molar-refractivity contribution in [3.05, 3.63) is 65.7 Å². The number of hydrogen-bond acceptors (Lipinski definition) is 2. The van der Waals surface area contributed by atoms with E-state index < -0.39 is 0 Å². The van der Waals surface area contributed by atoms with Crippen LogP contribution in [-0.4, -0.2) is 17.7 Å². The number of phenolic OH excluding ortho intramolecular Hbond substituents is 1.